The Morgan fingerprint density at radius 1 is 1.42 bits per heavy atom. The van der Waals surface area contributed by atoms with E-state index in [0.29, 0.717) is 12.8 Å². The van der Waals surface area contributed by atoms with Crippen molar-refractivity contribution in [2.75, 3.05) is 11.5 Å². The zero-order valence-electron chi connectivity index (χ0n) is 9.93. The van der Waals surface area contributed by atoms with Gasteiger partial charge >= 0.3 is 5.97 Å². The summed E-state index contributed by atoms with van der Waals surface area (Å²) in [5.41, 5.74) is 0.0184. The number of sulfone groups is 1. The van der Waals surface area contributed by atoms with Crippen molar-refractivity contribution in [1.82, 2.24) is 0 Å². The lowest BCUT2D eigenvalue weighted by Crippen LogP contribution is -2.33. The Bertz CT molecular complexity index is 600. The van der Waals surface area contributed by atoms with E-state index in [2.05, 4.69) is 0 Å². The lowest BCUT2D eigenvalue weighted by Gasteiger charge is -2.22. The van der Waals surface area contributed by atoms with Crippen LogP contribution < -0.4 is 0 Å². The first-order valence-corrected chi connectivity index (χ1v) is 7.94. The largest absolute Gasteiger partial charge is 0.458 e. The predicted octanol–water partition coefficient (Wildman–Crippen LogP) is 2.21. The monoisotopic (exact) mass is 306 g/mol. The topological polar surface area (TPSA) is 60.4 Å². The predicted molar refractivity (Wildman–Crippen MR) is 68.5 cm³/mol. The van der Waals surface area contributed by atoms with E-state index in [1.807, 2.05) is 0 Å². The average Bonchev–Trinajstić information content (AvgIpc) is 2.31. The van der Waals surface area contributed by atoms with Gasteiger partial charge in [-0.25, -0.2) is 17.6 Å². The lowest BCUT2D eigenvalue weighted by atomic mass is 10.2. The number of carbonyl (C=O) groups excluding carboxylic acids is 1. The fraction of sp³-hybridized carbons (Fsp3) is 0.417. The molecule has 1 aromatic rings. The molecule has 1 fully saturated rings. The number of halogens is 2. The first kappa shape index (κ1) is 14.3. The van der Waals surface area contributed by atoms with Crippen LogP contribution in [-0.2, 0) is 14.6 Å². The Morgan fingerprint density at radius 2 is 2.16 bits per heavy atom. The van der Waals surface area contributed by atoms with Gasteiger partial charge in [0.15, 0.2) is 9.84 Å². The Labute approximate surface area is 115 Å². The molecule has 0 N–H and O–H groups in total. The molecule has 0 aliphatic carbocycles. The Balaban J connectivity index is 2.06. The van der Waals surface area contributed by atoms with Gasteiger partial charge in [0, 0.05) is 0 Å². The second-order valence-corrected chi connectivity index (χ2v) is 7.05. The van der Waals surface area contributed by atoms with E-state index in [0.717, 1.165) is 6.07 Å². The Morgan fingerprint density at radius 3 is 2.79 bits per heavy atom. The van der Waals surface area contributed by atoms with Crippen LogP contribution in [0.25, 0.3) is 0 Å². The lowest BCUT2D eigenvalue weighted by molar-refractivity contribution is 0.0323. The SMILES string of the molecule is O=C(O[C@H]1CCCS(=O)(=O)C1)c1ccc(Cl)c(F)c1. The standard InChI is InChI=1S/C12H12ClFO4S/c13-10-4-3-8(6-11(10)14)12(15)18-9-2-1-5-19(16,17)7-9/h3-4,6,9H,1-2,5,7H2/t9-/m0/s1. The molecule has 0 saturated carbocycles. The number of esters is 1. The number of carbonyl (C=O) groups is 1. The van der Waals surface area contributed by atoms with Crippen LogP contribution in [0.15, 0.2) is 18.2 Å². The van der Waals surface area contributed by atoms with E-state index in [1.54, 1.807) is 0 Å². The van der Waals surface area contributed by atoms with Gasteiger partial charge in [0.2, 0.25) is 0 Å². The van der Waals surface area contributed by atoms with Gasteiger partial charge in [-0.3, -0.25) is 0 Å². The quantitative estimate of drug-likeness (QED) is 0.786. The highest BCUT2D eigenvalue weighted by atomic mass is 35.5. The van der Waals surface area contributed by atoms with Crippen molar-refractivity contribution in [1.29, 1.82) is 0 Å². The molecule has 1 aliphatic heterocycles. The molecule has 19 heavy (non-hydrogen) atoms. The molecule has 1 aliphatic rings. The molecular formula is C12H12ClFO4S. The number of rotatable bonds is 2. The minimum atomic E-state index is -3.15. The van der Waals surface area contributed by atoms with E-state index in [-0.39, 0.29) is 22.1 Å². The molecule has 0 radical (unpaired) electrons. The van der Waals surface area contributed by atoms with Crippen molar-refractivity contribution in [3.8, 4) is 0 Å². The van der Waals surface area contributed by atoms with Gasteiger partial charge in [-0.1, -0.05) is 11.6 Å². The molecule has 4 nitrogen and oxygen atoms in total. The highest BCUT2D eigenvalue weighted by Crippen LogP contribution is 2.19. The third kappa shape index (κ3) is 3.67. The summed E-state index contributed by atoms with van der Waals surface area (Å²) < 4.78 is 41.1. The number of ether oxygens (including phenoxy) is 1. The summed E-state index contributed by atoms with van der Waals surface area (Å²) in [4.78, 5) is 11.8. The van der Waals surface area contributed by atoms with Crippen LogP contribution in [0.1, 0.15) is 23.2 Å². The second kappa shape index (κ2) is 5.46. The average molecular weight is 307 g/mol. The van der Waals surface area contributed by atoms with Crippen LogP contribution in [0.5, 0.6) is 0 Å². The molecule has 104 valence electrons. The van der Waals surface area contributed by atoms with Gasteiger partial charge in [0.1, 0.15) is 11.9 Å². The smallest absolute Gasteiger partial charge is 0.338 e. The van der Waals surface area contributed by atoms with Gasteiger partial charge in [0.05, 0.1) is 22.1 Å². The number of hydrogen-bond donors (Lipinski definition) is 0. The molecule has 0 spiro atoms. The number of hydrogen-bond acceptors (Lipinski definition) is 4. The summed E-state index contributed by atoms with van der Waals surface area (Å²) in [6.45, 7) is 0. The summed E-state index contributed by atoms with van der Waals surface area (Å²) in [5.74, 6) is -1.50. The normalized spacial score (nSPS) is 21.9. The molecule has 0 unspecified atom stereocenters. The zero-order valence-corrected chi connectivity index (χ0v) is 11.5. The van der Waals surface area contributed by atoms with E-state index in [1.165, 1.54) is 12.1 Å². The molecule has 1 aromatic carbocycles. The molecule has 2 rings (SSSR count). The first-order valence-electron chi connectivity index (χ1n) is 5.74. The molecule has 0 aromatic heterocycles. The molecular weight excluding hydrogens is 295 g/mol. The molecule has 0 bridgehead atoms. The van der Waals surface area contributed by atoms with E-state index < -0.39 is 27.7 Å². The fourth-order valence-corrected chi connectivity index (χ4v) is 3.61. The van der Waals surface area contributed by atoms with Crippen molar-refractivity contribution in [3.63, 3.8) is 0 Å². The summed E-state index contributed by atoms with van der Waals surface area (Å²) >= 11 is 5.51. The summed E-state index contributed by atoms with van der Waals surface area (Å²) in [7, 11) is -3.15. The molecule has 1 saturated heterocycles. The Hall–Kier alpha value is -1.14. The van der Waals surface area contributed by atoms with Crippen LogP contribution in [0.3, 0.4) is 0 Å². The van der Waals surface area contributed by atoms with E-state index >= 15 is 0 Å². The van der Waals surface area contributed by atoms with Crippen LogP contribution in [0.4, 0.5) is 4.39 Å². The van der Waals surface area contributed by atoms with Crippen LogP contribution in [-0.4, -0.2) is 32.0 Å². The van der Waals surface area contributed by atoms with Gasteiger partial charge in [-0.15, -0.1) is 0 Å². The van der Waals surface area contributed by atoms with Gasteiger partial charge in [-0.05, 0) is 31.0 Å². The van der Waals surface area contributed by atoms with Gasteiger partial charge in [-0.2, -0.15) is 0 Å². The van der Waals surface area contributed by atoms with Crippen LogP contribution in [0.2, 0.25) is 5.02 Å². The van der Waals surface area contributed by atoms with E-state index in [9.17, 15) is 17.6 Å². The number of benzene rings is 1. The van der Waals surface area contributed by atoms with Crippen molar-refractivity contribution in [3.05, 3.63) is 34.6 Å². The molecule has 0 amide bonds. The summed E-state index contributed by atoms with van der Waals surface area (Å²) in [5, 5.41) is -0.0863. The van der Waals surface area contributed by atoms with Crippen molar-refractivity contribution < 1.29 is 22.3 Å². The highest BCUT2D eigenvalue weighted by Gasteiger charge is 2.28. The molecule has 1 heterocycles. The zero-order chi connectivity index (χ0) is 14.0. The summed E-state index contributed by atoms with van der Waals surface area (Å²) in [6.07, 6.45) is 0.307. The van der Waals surface area contributed by atoms with Gasteiger partial charge < -0.3 is 4.74 Å². The van der Waals surface area contributed by atoms with Gasteiger partial charge in [0.25, 0.3) is 0 Å². The van der Waals surface area contributed by atoms with Crippen molar-refractivity contribution >= 4 is 27.4 Å². The maximum atomic E-state index is 13.2. The van der Waals surface area contributed by atoms with Crippen molar-refractivity contribution in [2.45, 2.75) is 18.9 Å². The maximum Gasteiger partial charge on any atom is 0.338 e. The van der Waals surface area contributed by atoms with Crippen molar-refractivity contribution in [2.24, 2.45) is 0 Å². The van der Waals surface area contributed by atoms with E-state index in [4.69, 9.17) is 16.3 Å². The van der Waals surface area contributed by atoms with Crippen LogP contribution >= 0.6 is 11.6 Å². The maximum absolute atomic E-state index is 13.2. The third-order valence-electron chi connectivity index (χ3n) is 2.85. The molecule has 7 heteroatoms. The van der Waals surface area contributed by atoms with Crippen LogP contribution in [0, 0.1) is 5.82 Å². The minimum Gasteiger partial charge on any atom is -0.458 e. The second-order valence-electron chi connectivity index (χ2n) is 4.41. The first-order chi connectivity index (χ1) is 8.87. The summed E-state index contributed by atoms with van der Waals surface area (Å²) in [6, 6.07) is 3.57. The Kier molecular flexibility index (Phi) is 4.10. The highest BCUT2D eigenvalue weighted by molar-refractivity contribution is 7.91. The molecule has 1 atom stereocenters. The minimum absolute atomic E-state index is 0.0184. The fourth-order valence-electron chi connectivity index (χ4n) is 1.92. The third-order valence-corrected chi connectivity index (χ3v) is 4.95.